The van der Waals surface area contributed by atoms with Gasteiger partial charge >= 0.3 is 5.97 Å². The largest absolute Gasteiger partial charge is 0.465 e. The standard InChI is InChI=1S/C21H24N2O6S2/c1-14(24)23-10-8-16-17(12-23)30-20(19(16)21(26)29-2)22-18(25)9-11-31(27,28)13-15-6-4-3-5-7-15/h3-7H,8-13H2,1-2H3,(H,22,25). The Morgan fingerprint density at radius 1 is 1.19 bits per heavy atom. The number of esters is 1. The highest BCUT2D eigenvalue weighted by Crippen LogP contribution is 2.37. The second-order valence-corrected chi connectivity index (χ2v) is 10.6. The number of hydrogen-bond donors (Lipinski definition) is 1. The van der Waals surface area contributed by atoms with Gasteiger partial charge in [-0.2, -0.15) is 0 Å². The lowest BCUT2D eigenvalue weighted by Crippen LogP contribution is -2.33. The molecule has 0 fully saturated rings. The Bertz CT molecular complexity index is 1090. The molecule has 2 amide bonds. The number of amides is 2. The molecule has 0 atom stereocenters. The van der Waals surface area contributed by atoms with Gasteiger partial charge in [-0.25, -0.2) is 13.2 Å². The summed E-state index contributed by atoms with van der Waals surface area (Å²) in [4.78, 5) is 39.0. The first-order chi connectivity index (χ1) is 14.7. The molecule has 10 heteroatoms. The quantitative estimate of drug-likeness (QED) is 0.630. The summed E-state index contributed by atoms with van der Waals surface area (Å²) in [5.41, 5.74) is 1.71. The summed E-state index contributed by atoms with van der Waals surface area (Å²) >= 11 is 1.22. The van der Waals surface area contributed by atoms with Gasteiger partial charge in [-0.15, -0.1) is 11.3 Å². The van der Waals surface area contributed by atoms with E-state index in [1.807, 2.05) is 0 Å². The molecule has 0 aliphatic carbocycles. The van der Waals surface area contributed by atoms with E-state index in [9.17, 15) is 22.8 Å². The normalized spacial score (nSPS) is 13.4. The Balaban J connectivity index is 1.71. The average Bonchev–Trinajstić information content (AvgIpc) is 3.09. The Hall–Kier alpha value is -2.72. The fourth-order valence-electron chi connectivity index (χ4n) is 3.42. The molecule has 0 saturated carbocycles. The van der Waals surface area contributed by atoms with Gasteiger partial charge in [0.15, 0.2) is 9.84 Å². The van der Waals surface area contributed by atoms with E-state index in [0.29, 0.717) is 30.1 Å². The van der Waals surface area contributed by atoms with Gasteiger partial charge in [0.1, 0.15) is 5.00 Å². The van der Waals surface area contributed by atoms with Crippen LogP contribution in [-0.4, -0.2) is 50.5 Å². The molecule has 1 N–H and O–H groups in total. The van der Waals surface area contributed by atoms with Crippen molar-refractivity contribution < 1.29 is 27.5 Å². The SMILES string of the molecule is COC(=O)c1c(NC(=O)CCS(=O)(=O)Cc2ccccc2)sc2c1CCN(C(C)=O)C2. The molecule has 1 aromatic heterocycles. The summed E-state index contributed by atoms with van der Waals surface area (Å²) in [5, 5.41) is 3.00. The molecule has 1 aliphatic heterocycles. The van der Waals surface area contributed by atoms with Gasteiger partial charge in [0.05, 0.1) is 30.7 Å². The van der Waals surface area contributed by atoms with Crippen LogP contribution in [0.25, 0.3) is 0 Å². The number of fused-ring (bicyclic) bond motifs is 1. The predicted octanol–water partition coefficient (Wildman–Crippen LogP) is 2.38. The average molecular weight is 465 g/mol. The minimum Gasteiger partial charge on any atom is -0.465 e. The zero-order valence-electron chi connectivity index (χ0n) is 17.3. The van der Waals surface area contributed by atoms with Crippen LogP contribution < -0.4 is 5.32 Å². The van der Waals surface area contributed by atoms with E-state index in [1.54, 1.807) is 35.2 Å². The van der Waals surface area contributed by atoms with E-state index >= 15 is 0 Å². The second kappa shape index (κ2) is 9.61. The number of hydrogen-bond acceptors (Lipinski definition) is 7. The second-order valence-electron chi connectivity index (χ2n) is 7.27. The van der Waals surface area contributed by atoms with Gasteiger partial charge < -0.3 is 15.0 Å². The predicted molar refractivity (Wildman–Crippen MR) is 118 cm³/mol. The summed E-state index contributed by atoms with van der Waals surface area (Å²) in [7, 11) is -2.20. The molecule has 166 valence electrons. The number of benzene rings is 1. The van der Waals surface area contributed by atoms with E-state index in [-0.39, 0.29) is 29.4 Å². The minimum absolute atomic E-state index is 0.0622. The van der Waals surface area contributed by atoms with E-state index in [2.05, 4.69) is 5.32 Å². The third-order valence-electron chi connectivity index (χ3n) is 5.01. The summed E-state index contributed by atoms with van der Waals surface area (Å²) < 4.78 is 29.6. The molecular weight excluding hydrogens is 440 g/mol. The number of anilines is 1. The molecular formula is C21H24N2O6S2. The van der Waals surface area contributed by atoms with Crippen LogP contribution in [0.5, 0.6) is 0 Å². The summed E-state index contributed by atoms with van der Waals surface area (Å²) in [6, 6.07) is 8.77. The topological polar surface area (TPSA) is 110 Å². The maximum Gasteiger partial charge on any atom is 0.341 e. The van der Waals surface area contributed by atoms with Gasteiger partial charge in [-0.3, -0.25) is 9.59 Å². The first-order valence-corrected chi connectivity index (χ1v) is 12.4. The van der Waals surface area contributed by atoms with E-state index in [4.69, 9.17) is 4.74 Å². The molecule has 0 unspecified atom stereocenters. The Morgan fingerprint density at radius 2 is 1.90 bits per heavy atom. The number of ether oxygens (including phenoxy) is 1. The van der Waals surface area contributed by atoms with Crippen molar-refractivity contribution >= 4 is 44.0 Å². The number of thiophene rings is 1. The molecule has 2 heterocycles. The fraction of sp³-hybridized carbons (Fsp3) is 0.381. The number of carbonyl (C=O) groups excluding carboxylic acids is 3. The Labute approximate surface area is 185 Å². The van der Waals surface area contributed by atoms with Crippen molar-refractivity contribution in [3.63, 3.8) is 0 Å². The van der Waals surface area contributed by atoms with Gasteiger partial charge in [0, 0.05) is 24.8 Å². The van der Waals surface area contributed by atoms with Crippen molar-refractivity contribution in [2.75, 3.05) is 24.7 Å². The Morgan fingerprint density at radius 3 is 2.55 bits per heavy atom. The highest BCUT2D eigenvalue weighted by atomic mass is 32.2. The highest BCUT2D eigenvalue weighted by molar-refractivity contribution is 7.90. The third-order valence-corrected chi connectivity index (χ3v) is 7.75. The number of sulfone groups is 1. The van der Waals surface area contributed by atoms with Crippen molar-refractivity contribution in [3.05, 3.63) is 51.9 Å². The van der Waals surface area contributed by atoms with E-state index in [1.165, 1.54) is 25.4 Å². The molecule has 0 saturated heterocycles. The lowest BCUT2D eigenvalue weighted by molar-refractivity contribution is -0.129. The number of nitrogens with one attached hydrogen (secondary N) is 1. The highest BCUT2D eigenvalue weighted by Gasteiger charge is 2.30. The zero-order valence-corrected chi connectivity index (χ0v) is 19.0. The molecule has 3 rings (SSSR count). The molecule has 0 radical (unpaired) electrons. The molecule has 1 aromatic carbocycles. The zero-order chi connectivity index (χ0) is 22.6. The van der Waals surface area contributed by atoms with Crippen LogP contribution in [0.15, 0.2) is 30.3 Å². The number of methoxy groups -OCH3 is 1. The molecule has 0 spiro atoms. The number of rotatable bonds is 7. The van der Waals surface area contributed by atoms with Gasteiger partial charge in [0.25, 0.3) is 0 Å². The smallest absolute Gasteiger partial charge is 0.341 e. The van der Waals surface area contributed by atoms with Crippen LogP contribution in [0.1, 0.15) is 39.7 Å². The molecule has 8 nitrogen and oxygen atoms in total. The maximum absolute atomic E-state index is 12.5. The van der Waals surface area contributed by atoms with Crippen molar-refractivity contribution in [2.45, 2.75) is 32.1 Å². The lowest BCUT2D eigenvalue weighted by atomic mass is 10.0. The van der Waals surface area contributed by atoms with E-state index in [0.717, 1.165) is 10.4 Å². The van der Waals surface area contributed by atoms with Gasteiger partial charge in [-0.05, 0) is 17.5 Å². The van der Waals surface area contributed by atoms with Crippen molar-refractivity contribution in [1.82, 2.24) is 4.90 Å². The van der Waals surface area contributed by atoms with Crippen LogP contribution >= 0.6 is 11.3 Å². The summed E-state index contributed by atoms with van der Waals surface area (Å²) in [6.07, 6.45) is 0.259. The van der Waals surface area contributed by atoms with Crippen molar-refractivity contribution in [1.29, 1.82) is 0 Å². The first-order valence-electron chi connectivity index (χ1n) is 9.72. The van der Waals surface area contributed by atoms with Crippen LogP contribution in [0.2, 0.25) is 0 Å². The first kappa shape index (κ1) is 23.0. The molecule has 0 bridgehead atoms. The van der Waals surface area contributed by atoms with Gasteiger partial charge in [0.2, 0.25) is 11.8 Å². The van der Waals surface area contributed by atoms with E-state index < -0.39 is 21.7 Å². The van der Waals surface area contributed by atoms with Crippen LogP contribution in [-0.2, 0) is 42.9 Å². The monoisotopic (exact) mass is 464 g/mol. The van der Waals surface area contributed by atoms with Crippen LogP contribution in [0, 0.1) is 0 Å². The third kappa shape index (κ3) is 5.71. The van der Waals surface area contributed by atoms with Crippen LogP contribution in [0.4, 0.5) is 5.00 Å². The fourth-order valence-corrected chi connectivity index (χ4v) is 6.02. The lowest BCUT2D eigenvalue weighted by Gasteiger charge is -2.25. The van der Waals surface area contributed by atoms with Gasteiger partial charge in [-0.1, -0.05) is 30.3 Å². The molecule has 31 heavy (non-hydrogen) atoms. The summed E-state index contributed by atoms with van der Waals surface area (Å²) in [5.74, 6) is -1.56. The Kier molecular flexibility index (Phi) is 7.11. The number of nitrogens with zero attached hydrogens (tertiary/aromatic N) is 1. The maximum atomic E-state index is 12.5. The summed E-state index contributed by atoms with van der Waals surface area (Å²) in [6.45, 7) is 2.33. The van der Waals surface area contributed by atoms with Crippen LogP contribution in [0.3, 0.4) is 0 Å². The van der Waals surface area contributed by atoms with Crippen molar-refractivity contribution in [2.24, 2.45) is 0 Å². The molecule has 2 aromatic rings. The van der Waals surface area contributed by atoms with Crippen molar-refractivity contribution in [3.8, 4) is 0 Å². The minimum atomic E-state index is -3.47. The number of carbonyl (C=O) groups is 3. The molecule has 1 aliphatic rings.